The summed E-state index contributed by atoms with van der Waals surface area (Å²) in [6.45, 7) is 0. The Hall–Kier alpha value is -1.79. The molecular weight excluding hydrogens is 252 g/mol. The maximum absolute atomic E-state index is 5.32. The fraction of sp³-hybridized carbons (Fsp3) is 0. The van der Waals surface area contributed by atoms with E-state index in [4.69, 9.17) is 30.2 Å². The first-order valence-corrected chi connectivity index (χ1v) is 5.69. The highest BCUT2D eigenvalue weighted by Gasteiger charge is 2.00. The second kappa shape index (κ2) is 5.03. The van der Waals surface area contributed by atoms with Gasteiger partial charge in [-0.05, 0) is 48.7 Å². The van der Waals surface area contributed by atoms with Crippen LogP contribution in [0.1, 0.15) is 0 Å². The van der Waals surface area contributed by atoms with Crippen molar-refractivity contribution >= 4 is 51.3 Å². The topological polar surface area (TPSA) is 63.0 Å². The number of hydrogen-bond donors (Lipinski definition) is 3. The van der Waals surface area contributed by atoms with Crippen molar-refractivity contribution in [3.63, 3.8) is 0 Å². The Morgan fingerprint density at radius 2 is 2.06 bits per heavy atom. The summed E-state index contributed by atoms with van der Waals surface area (Å²) < 4.78 is 0. The van der Waals surface area contributed by atoms with Crippen molar-refractivity contribution in [1.82, 2.24) is 10.3 Å². The monoisotopic (exact) mass is 262 g/mol. The Morgan fingerprint density at radius 3 is 2.82 bits per heavy atom. The van der Waals surface area contributed by atoms with E-state index >= 15 is 0 Å². The predicted octanol–water partition coefficient (Wildman–Crippen LogP) is 1.76. The summed E-state index contributed by atoms with van der Waals surface area (Å²) in [6.07, 6.45) is 1.76. The van der Waals surface area contributed by atoms with Crippen LogP contribution in [0.25, 0.3) is 10.9 Å². The Bertz CT molecular complexity index is 582. The molecule has 0 spiro atoms. The van der Waals surface area contributed by atoms with Gasteiger partial charge in [0.05, 0.1) is 5.52 Å². The molecule has 2 aromatic rings. The number of hydrogen-bond acceptors (Lipinski definition) is 3. The lowest BCUT2D eigenvalue weighted by Gasteiger charge is -2.09. The van der Waals surface area contributed by atoms with E-state index in [1.807, 2.05) is 30.3 Å². The molecule has 0 fully saturated rings. The molecule has 0 aliphatic carbocycles. The number of rotatable bonds is 1. The van der Waals surface area contributed by atoms with E-state index < -0.39 is 0 Å². The van der Waals surface area contributed by atoms with Crippen molar-refractivity contribution in [3.05, 3.63) is 36.5 Å². The van der Waals surface area contributed by atoms with Gasteiger partial charge in [0.15, 0.2) is 10.2 Å². The summed E-state index contributed by atoms with van der Waals surface area (Å²) in [7, 11) is 0. The smallest absolute Gasteiger partial charge is 0.177 e. The molecule has 86 valence electrons. The number of anilines is 1. The van der Waals surface area contributed by atoms with Crippen molar-refractivity contribution in [2.45, 2.75) is 0 Å². The second-order valence-corrected chi connectivity index (χ2v) is 4.20. The fourth-order valence-corrected chi connectivity index (χ4v) is 1.82. The molecule has 1 aromatic heterocycles. The lowest BCUT2D eigenvalue weighted by Crippen LogP contribution is -2.37. The van der Waals surface area contributed by atoms with E-state index in [-0.39, 0.29) is 5.11 Å². The van der Waals surface area contributed by atoms with E-state index in [1.165, 1.54) is 0 Å². The number of nitrogens with one attached hydrogen (secondary N) is 2. The highest BCUT2D eigenvalue weighted by molar-refractivity contribution is 7.82. The summed E-state index contributed by atoms with van der Waals surface area (Å²) in [4.78, 5) is 4.23. The van der Waals surface area contributed by atoms with Gasteiger partial charge in [0, 0.05) is 17.3 Å². The van der Waals surface area contributed by atoms with Crippen molar-refractivity contribution in [3.8, 4) is 0 Å². The molecule has 6 heteroatoms. The van der Waals surface area contributed by atoms with Crippen LogP contribution in [-0.4, -0.2) is 15.2 Å². The molecule has 0 atom stereocenters. The number of nitrogens with zero attached hydrogens (tertiary/aromatic N) is 1. The summed E-state index contributed by atoms with van der Waals surface area (Å²) >= 11 is 9.72. The number of pyridine rings is 1. The maximum atomic E-state index is 5.32. The first-order chi connectivity index (χ1) is 8.15. The van der Waals surface area contributed by atoms with Gasteiger partial charge >= 0.3 is 0 Å². The summed E-state index contributed by atoms with van der Waals surface area (Å²) in [6, 6.07) is 9.63. The largest absolute Gasteiger partial charge is 0.376 e. The summed E-state index contributed by atoms with van der Waals surface area (Å²) in [5, 5.41) is 7.20. The van der Waals surface area contributed by atoms with E-state index in [0.717, 1.165) is 16.6 Å². The minimum atomic E-state index is 0.143. The van der Waals surface area contributed by atoms with Crippen LogP contribution in [0.5, 0.6) is 0 Å². The quantitative estimate of drug-likeness (QED) is 0.681. The average Bonchev–Trinajstić information content (AvgIpc) is 2.27. The lowest BCUT2D eigenvalue weighted by molar-refractivity contribution is 1.37. The molecule has 0 radical (unpaired) electrons. The van der Waals surface area contributed by atoms with Crippen LogP contribution in [0.3, 0.4) is 0 Å². The van der Waals surface area contributed by atoms with Crippen LogP contribution in [0.15, 0.2) is 36.5 Å². The number of benzene rings is 1. The number of nitrogens with two attached hydrogens (primary N) is 1. The molecule has 0 aliphatic rings. The fourth-order valence-electron chi connectivity index (χ4n) is 1.43. The van der Waals surface area contributed by atoms with Gasteiger partial charge in [-0.1, -0.05) is 6.07 Å². The third kappa shape index (κ3) is 3.08. The third-order valence-corrected chi connectivity index (χ3v) is 2.40. The predicted molar refractivity (Wildman–Crippen MR) is 77.9 cm³/mol. The van der Waals surface area contributed by atoms with Crippen LogP contribution in [0.2, 0.25) is 0 Å². The standard InChI is InChI=1S/C11H10N4S2/c12-10(16)15-11(17)14-8-3-4-9-7(6-8)2-1-5-13-9/h1-6H,(H4,12,14,15,16,17). The number of thiocarbonyl (C=S) groups is 2. The Kier molecular flexibility index (Phi) is 3.46. The molecule has 1 aromatic carbocycles. The molecule has 0 aliphatic heterocycles. The average molecular weight is 262 g/mol. The molecule has 1 heterocycles. The first-order valence-electron chi connectivity index (χ1n) is 4.87. The molecule has 0 saturated heterocycles. The van der Waals surface area contributed by atoms with E-state index in [2.05, 4.69) is 15.6 Å². The summed E-state index contributed by atoms with van der Waals surface area (Å²) in [5.41, 5.74) is 7.12. The normalized spacial score (nSPS) is 9.88. The van der Waals surface area contributed by atoms with Gasteiger partial charge in [-0.25, -0.2) is 0 Å². The Morgan fingerprint density at radius 1 is 1.24 bits per heavy atom. The molecule has 0 amide bonds. The van der Waals surface area contributed by atoms with Crippen LogP contribution >= 0.6 is 24.4 Å². The summed E-state index contributed by atoms with van der Waals surface area (Å²) in [5.74, 6) is 0. The minimum absolute atomic E-state index is 0.143. The van der Waals surface area contributed by atoms with Crippen LogP contribution in [0.4, 0.5) is 5.69 Å². The van der Waals surface area contributed by atoms with Crippen LogP contribution in [-0.2, 0) is 0 Å². The molecule has 17 heavy (non-hydrogen) atoms. The van der Waals surface area contributed by atoms with Gasteiger partial charge in [-0.15, -0.1) is 0 Å². The van der Waals surface area contributed by atoms with Crippen molar-refractivity contribution in [1.29, 1.82) is 0 Å². The number of aromatic nitrogens is 1. The van der Waals surface area contributed by atoms with Crippen molar-refractivity contribution in [2.75, 3.05) is 5.32 Å². The zero-order valence-electron chi connectivity index (χ0n) is 8.81. The highest BCUT2D eigenvalue weighted by atomic mass is 32.1. The van der Waals surface area contributed by atoms with Gasteiger partial charge in [0.2, 0.25) is 0 Å². The Balaban J connectivity index is 2.19. The molecule has 0 bridgehead atoms. The molecule has 0 unspecified atom stereocenters. The Labute approximate surface area is 109 Å². The van der Waals surface area contributed by atoms with E-state index in [0.29, 0.717) is 5.11 Å². The zero-order valence-corrected chi connectivity index (χ0v) is 10.4. The van der Waals surface area contributed by atoms with Gasteiger partial charge in [0.1, 0.15) is 0 Å². The second-order valence-electron chi connectivity index (χ2n) is 3.35. The first kappa shape index (κ1) is 11.7. The van der Waals surface area contributed by atoms with Crippen molar-refractivity contribution in [2.24, 2.45) is 5.73 Å². The zero-order chi connectivity index (χ0) is 12.3. The maximum Gasteiger partial charge on any atom is 0.177 e. The van der Waals surface area contributed by atoms with Gasteiger partial charge < -0.3 is 16.4 Å². The molecule has 0 saturated carbocycles. The SMILES string of the molecule is NC(=S)NC(=S)Nc1ccc2ncccc2c1. The van der Waals surface area contributed by atoms with E-state index in [9.17, 15) is 0 Å². The molecule has 4 N–H and O–H groups in total. The molecule has 4 nitrogen and oxygen atoms in total. The van der Waals surface area contributed by atoms with E-state index in [1.54, 1.807) is 6.20 Å². The minimum Gasteiger partial charge on any atom is -0.376 e. The molecule has 2 rings (SSSR count). The number of fused-ring (bicyclic) bond motifs is 1. The lowest BCUT2D eigenvalue weighted by atomic mass is 10.2. The highest BCUT2D eigenvalue weighted by Crippen LogP contribution is 2.16. The molecular formula is C11H10N4S2. The van der Waals surface area contributed by atoms with Gasteiger partial charge in [-0.3, -0.25) is 4.98 Å². The van der Waals surface area contributed by atoms with Gasteiger partial charge in [0.25, 0.3) is 0 Å². The van der Waals surface area contributed by atoms with Crippen LogP contribution in [0, 0.1) is 0 Å². The van der Waals surface area contributed by atoms with Gasteiger partial charge in [-0.2, -0.15) is 0 Å². The van der Waals surface area contributed by atoms with Crippen molar-refractivity contribution < 1.29 is 0 Å². The van der Waals surface area contributed by atoms with Crippen LogP contribution < -0.4 is 16.4 Å². The third-order valence-electron chi connectivity index (χ3n) is 2.10.